The van der Waals surface area contributed by atoms with Crippen molar-refractivity contribution in [1.82, 2.24) is 5.32 Å². The molecule has 2 N–H and O–H groups in total. The van der Waals surface area contributed by atoms with Crippen molar-refractivity contribution in [2.75, 3.05) is 12.4 Å². The smallest absolute Gasteiger partial charge is 0.416 e. The number of anilines is 1. The SMILES string of the molecule is COc1c(F)c(F)c(C(=O)NC(=S)Nc2cccc(C(F)(F)F)c2)c(F)c1F. The number of carbonyl (C=O) groups excluding carboxylic acids is 1. The van der Waals surface area contributed by atoms with Crippen LogP contribution in [0.1, 0.15) is 15.9 Å². The lowest BCUT2D eigenvalue weighted by atomic mass is 10.1. The van der Waals surface area contributed by atoms with Crippen molar-refractivity contribution in [2.24, 2.45) is 0 Å². The highest BCUT2D eigenvalue weighted by Gasteiger charge is 2.31. The van der Waals surface area contributed by atoms with Crippen molar-refractivity contribution in [3.8, 4) is 5.75 Å². The van der Waals surface area contributed by atoms with Gasteiger partial charge in [0.15, 0.2) is 22.5 Å². The average Bonchev–Trinajstić information content (AvgIpc) is 2.60. The molecule has 0 aromatic heterocycles. The van der Waals surface area contributed by atoms with Crippen LogP contribution in [0.4, 0.5) is 36.4 Å². The van der Waals surface area contributed by atoms with Crippen LogP contribution in [0.5, 0.6) is 5.75 Å². The number of amides is 1. The van der Waals surface area contributed by atoms with Gasteiger partial charge in [-0.05, 0) is 30.4 Å². The summed E-state index contributed by atoms with van der Waals surface area (Å²) in [6, 6.07) is 3.65. The van der Waals surface area contributed by atoms with Crippen LogP contribution in [0.2, 0.25) is 0 Å². The van der Waals surface area contributed by atoms with Gasteiger partial charge in [-0.25, -0.2) is 8.78 Å². The Bertz CT molecular complexity index is 918. The van der Waals surface area contributed by atoms with Gasteiger partial charge in [0.05, 0.1) is 12.7 Å². The molecule has 0 heterocycles. The number of ether oxygens (including phenoxy) is 1. The van der Waals surface area contributed by atoms with Crippen LogP contribution in [0.15, 0.2) is 24.3 Å². The van der Waals surface area contributed by atoms with Crippen molar-refractivity contribution in [3.63, 3.8) is 0 Å². The maximum Gasteiger partial charge on any atom is 0.416 e. The summed E-state index contributed by atoms with van der Waals surface area (Å²) in [5.41, 5.74) is -2.85. The Kier molecular flexibility index (Phi) is 6.12. The predicted octanol–water partition coefficient (Wildman–Crippen LogP) is 4.40. The van der Waals surface area contributed by atoms with Gasteiger partial charge >= 0.3 is 6.18 Å². The quantitative estimate of drug-likeness (QED) is 0.434. The average molecular weight is 426 g/mol. The van der Waals surface area contributed by atoms with Gasteiger partial charge in [-0.1, -0.05) is 6.07 Å². The molecule has 0 bridgehead atoms. The van der Waals surface area contributed by atoms with E-state index in [1.54, 1.807) is 5.32 Å². The Morgan fingerprint density at radius 3 is 2.11 bits per heavy atom. The highest BCUT2D eigenvalue weighted by atomic mass is 32.1. The molecule has 0 unspecified atom stereocenters. The molecule has 2 rings (SSSR count). The fraction of sp³-hybridized carbons (Fsp3) is 0.125. The molecule has 0 spiro atoms. The van der Waals surface area contributed by atoms with E-state index in [1.807, 2.05) is 0 Å². The van der Waals surface area contributed by atoms with Gasteiger partial charge in [0, 0.05) is 5.69 Å². The molecule has 0 aliphatic rings. The van der Waals surface area contributed by atoms with Gasteiger partial charge in [-0.3, -0.25) is 10.1 Å². The lowest BCUT2D eigenvalue weighted by Gasteiger charge is -2.13. The van der Waals surface area contributed by atoms with Crippen LogP contribution in [0.3, 0.4) is 0 Å². The zero-order valence-corrected chi connectivity index (χ0v) is 14.5. The second kappa shape index (κ2) is 8.00. The molecule has 0 saturated carbocycles. The lowest BCUT2D eigenvalue weighted by molar-refractivity contribution is -0.137. The molecule has 28 heavy (non-hydrogen) atoms. The van der Waals surface area contributed by atoms with E-state index in [0.29, 0.717) is 6.07 Å². The van der Waals surface area contributed by atoms with Crippen LogP contribution in [-0.2, 0) is 6.18 Å². The van der Waals surface area contributed by atoms with E-state index < -0.39 is 57.3 Å². The van der Waals surface area contributed by atoms with Crippen LogP contribution in [0, 0.1) is 23.3 Å². The maximum absolute atomic E-state index is 13.9. The summed E-state index contributed by atoms with van der Waals surface area (Å²) in [6.07, 6.45) is -4.65. The summed E-state index contributed by atoms with van der Waals surface area (Å²) in [5, 5.41) is 3.24. The Morgan fingerprint density at radius 2 is 1.61 bits per heavy atom. The van der Waals surface area contributed by atoms with Gasteiger partial charge in [-0.2, -0.15) is 22.0 Å². The number of carbonyl (C=O) groups is 1. The first-order chi connectivity index (χ1) is 13.0. The van der Waals surface area contributed by atoms with Gasteiger partial charge in [0.25, 0.3) is 5.91 Å². The molecular formula is C16H9F7N2O2S. The van der Waals surface area contributed by atoms with Crippen molar-refractivity contribution < 1.29 is 40.3 Å². The molecule has 0 radical (unpaired) electrons. The van der Waals surface area contributed by atoms with Gasteiger partial charge < -0.3 is 10.1 Å². The first-order valence-corrected chi connectivity index (χ1v) is 7.57. The zero-order valence-electron chi connectivity index (χ0n) is 13.7. The van der Waals surface area contributed by atoms with E-state index >= 15 is 0 Å². The molecule has 12 heteroatoms. The van der Waals surface area contributed by atoms with E-state index in [4.69, 9.17) is 0 Å². The minimum absolute atomic E-state index is 0.201. The van der Waals surface area contributed by atoms with Crippen LogP contribution >= 0.6 is 12.2 Å². The Hall–Kier alpha value is -2.89. The fourth-order valence-corrected chi connectivity index (χ4v) is 2.30. The first-order valence-electron chi connectivity index (χ1n) is 7.16. The number of alkyl halides is 3. The highest BCUT2D eigenvalue weighted by Crippen LogP contribution is 2.31. The minimum Gasteiger partial charge on any atom is -0.491 e. The third kappa shape index (κ3) is 4.32. The van der Waals surface area contributed by atoms with E-state index in [0.717, 1.165) is 19.2 Å². The fourth-order valence-electron chi connectivity index (χ4n) is 2.09. The van der Waals surface area contributed by atoms with E-state index in [2.05, 4.69) is 22.3 Å². The number of benzene rings is 2. The normalized spacial score (nSPS) is 11.1. The van der Waals surface area contributed by atoms with E-state index in [9.17, 15) is 35.5 Å². The summed E-state index contributed by atoms with van der Waals surface area (Å²) in [5.74, 6) is -11.0. The van der Waals surface area contributed by atoms with Gasteiger partial charge in [0.2, 0.25) is 11.6 Å². The number of rotatable bonds is 3. The van der Waals surface area contributed by atoms with Crippen molar-refractivity contribution in [1.29, 1.82) is 0 Å². The zero-order chi connectivity index (χ0) is 21.2. The third-order valence-electron chi connectivity index (χ3n) is 3.33. The van der Waals surface area contributed by atoms with E-state index in [-0.39, 0.29) is 5.69 Å². The molecule has 0 aliphatic heterocycles. The topological polar surface area (TPSA) is 50.4 Å². The molecule has 0 aliphatic carbocycles. The monoisotopic (exact) mass is 426 g/mol. The largest absolute Gasteiger partial charge is 0.491 e. The Morgan fingerprint density at radius 1 is 1.04 bits per heavy atom. The lowest BCUT2D eigenvalue weighted by Crippen LogP contribution is -2.35. The molecule has 0 saturated heterocycles. The summed E-state index contributed by atoms with van der Waals surface area (Å²) in [7, 11) is 0.758. The third-order valence-corrected chi connectivity index (χ3v) is 3.53. The number of hydrogen-bond acceptors (Lipinski definition) is 3. The summed E-state index contributed by atoms with van der Waals surface area (Å²) in [4.78, 5) is 11.9. The number of nitrogens with one attached hydrogen (secondary N) is 2. The van der Waals surface area contributed by atoms with Crippen molar-refractivity contribution in [3.05, 3.63) is 58.7 Å². The predicted molar refractivity (Wildman–Crippen MR) is 88.0 cm³/mol. The van der Waals surface area contributed by atoms with Crippen LogP contribution in [0.25, 0.3) is 0 Å². The second-order valence-corrected chi connectivity index (χ2v) is 5.56. The number of hydrogen-bond donors (Lipinski definition) is 2. The number of methoxy groups -OCH3 is 1. The Balaban J connectivity index is 2.24. The summed E-state index contributed by atoms with van der Waals surface area (Å²) >= 11 is 4.67. The standard InChI is InChI=1S/C16H9F7N2O2S/c1-27-13-11(19)9(17)8(10(18)12(13)20)14(26)25-15(28)24-7-4-2-3-6(5-7)16(21,22)23/h2-5H,1H3,(H2,24,25,26,28). The Labute approximate surface area is 158 Å². The highest BCUT2D eigenvalue weighted by molar-refractivity contribution is 7.80. The van der Waals surface area contributed by atoms with Crippen molar-refractivity contribution >= 4 is 28.9 Å². The van der Waals surface area contributed by atoms with E-state index in [1.165, 1.54) is 6.07 Å². The number of thiocarbonyl (C=S) groups is 1. The van der Waals surface area contributed by atoms with Crippen LogP contribution < -0.4 is 15.4 Å². The summed E-state index contributed by atoms with van der Waals surface area (Å²) < 4.78 is 97.3. The van der Waals surface area contributed by atoms with Crippen molar-refractivity contribution in [2.45, 2.75) is 6.18 Å². The molecule has 4 nitrogen and oxygen atoms in total. The molecule has 150 valence electrons. The molecule has 2 aromatic rings. The summed E-state index contributed by atoms with van der Waals surface area (Å²) in [6.45, 7) is 0. The number of halogens is 7. The van der Waals surface area contributed by atoms with Gasteiger partial charge in [-0.15, -0.1) is 0 Å². The molecule has 0 fully saturated rings. The van der Waals surface area contributed by atoms with Crippen LogP contribution in [-0.4, -0.2) is 18.1 Å². The second-order valence-electron chi connectivity index (χ2n) is 5.15. The molecular weight excluding hydrogens is 417 g/mol. The first kappa shape index (κ1) is 21.4. The maximum atomic E-state index is 13.9. The molecule has 1 amide bonds. The minimum atomic E-state index is -4.65. The van der Waals surface area contributed by atoms with Gasteiger partial charge in [0.1, 0.15) is 5.56 Å². The molecule has 0 atom stereocenters. The molecule has 2 aromatic carbocycles.